The topological polar surface area (TPSA) is 54.3 Å². The van der Waals surface area contributed by atoms with E-state index in [1.165, 1.54) is 17.5 Å². The standard InChI is InChI=1S/C14H19N3O2S/c1-16-7-6-11-12-8-10(15-20(3,18)19)4-5-13(12)17(2)14(11)9-16/h4-5,8,15H,6-7,9H2,1-3H3. The number of hydrogen-bond donors (Lipinski definition) is 1. The molecular weight excluding hydrogens is 274 g/mol. The lowest BCUT2D eigenvalue weighted by Crippen LogP contribution is -2.27. The smallest absolute Gasteiger partial charge is 0.229 e. The number of nitrogens with one attached hydrogen (secondary N) is 1. The van der Waals surface area contributed by atoms with E-state index in [1.54, 1.807) is 0 Å². The van der Waals surface area contributed by atoms with Gasteiger partial charge in [-0.05, 0) is 37.2 Å². The molecule has 1 aromatic carbocycles. The minimum Gasteiger partial charge on any atom is -0.346 e. The molecule has 6 heteroatoms. The molecule has 2 heterocycles. The summed E-state index contributed by atoms with van der Waals surface area (Å²) in [6.45, 7) is 1.98. The molecule has 20 heavy (non-hydrogen) atoms. The SMILES string of the molecule is CN1CCc2c(n(C)c3ccc(NS(C)(=O)=O)cc23)C1. The van der Waals surface area contributed by atoms with Gasteiger partial charge in [-0.1, -0.05) is 0 Å². The molecule has 0 aliphatic carbocycles. The minimum absolute atomic E-state index is 0.632. The van der Waals surface area contributed by atoms with E-state index >= 15 is 0 Å². The summed E-state index contributed by atoms with van der Waals surface area (Å²) >= 11 is 0. The van der Waals surface area contributed by atoms with Crippen molar-refractivity contribution in [2.45, 2.75) is 13.0 Å². The molecule has 0 fully saturated rings. The second-order valence-corrected chi connectivity index (χ2v) is 7.33. The Balaban J connectivity index is 2.15. The van der Waals surface area contributed by atoms with E-state index in [4.69, 9.17) is 0 Å². The Labute approximate surface area is 119 Å². The first-order valence-corrected chi connectivity index (χ1v) is 8.51. The number of hydrogen-bond acceptors (Lipinski definition) is 3. The summed E-state index contributed by atoms with van der Waals surface area (Å²) < 4.78 is 27.5. The van der Waals surface area contributed by atoms with Gasteiger partial charge >= 0.3 is 0 Å². The number of fused-ring (bicyclic) bond motifs is 3. The zero-order valence-electron chi connectivity index (χ0n) is 12.0. The van der Waals surface area contributed by atoms with Crippen LogP contribution in [0.15, 0.2) is 18.2 Å². The molecular formula is C14H19N3O2S. The monoisotopic (exact) mass is 293 g/mol. The molecule has 3 rings (SSSR count). The fourth-order valence-corrected chi connectivity index (χ4v) is 3.52. The number of nitrogens with zero attached hydrogens (tertiary/aromatic N) is 2. The van der Waals surface area contributed by atoms with Crippen LogP contribution < -0.4 is 4.72 Å². The molecule has 0 saturated carbocycles. The van der Waals surface area contributed by atoms with E-state index in [0.717, 1.165) is 30.4 Å². The summed E-state index contributed by atoms with van der Waals surface area (Å²) in [6.07, 6.45) is 2.18. The number of anilines is 1. The van der Waals surface area contributed by atoms with Gasteiger partial charge in [0.15, 0.2) is 0 Å². The third kappa shape index (κ3) is 2.29. The summed E-state index contributed by atoms with van der Waals surface area (Å²) in [5.41, 5.74) is 4.46. The average molecular weight is 293 g/mol. The Hall–Kier alpha value is -1.53. The van der Waals surface area contributed by atoms with Crippen LogP contribution in [0.1, 0.15) is 11.3 Å². The van der Waals surface area contributed by atoms with E-state index in [9.17, 15) is 8.42 Å². The van der Waals surface area contributed by atoms with Crippen molar-refractivity contribution in [2.75, 3.05) is 24.6 Å². The minimum atomic E-state index is -3.23. The lowest BCUT2D eigenvalue weighted by Gasteiger charge is -2.23. The predicted octanol–water partition coefficient (Wildman–Crippen LogP) is 1.54. The Bertz CT molecular complexity index is 777. The average Bonchev–Trinajstić information content (AvgIpc) is 2.61. The predicted molar refractivity (Wildman–Crippen MR) is 81.4 cm³/mol. The molecule has 0 bridgehead atoms. The van der Waals surface area contributed by atoms with E-state index < -0.39 is 10.0 Å². The van der Waals surface area contributed by atoms with Gasteiger partial charge in [0.25, 0.3) is 0 Å². The van der Waals surface area contributed by atoms with E-state index in [0.29, 0.717) is 5.69 Å². The summed E-state index contributed by atoms with van der Waals surface area (Å²) in [5, 5.41) is 1.16. The maximum absolute atomic E-state index is 11.4. The van der Waals surface area contributed by atoms with Crippen LogP contribution in [0.3, 0.4) is 0 Å². The van der Waals surface area contributed by atoms with Crippen LogP contribution in [0.25, 0.3) is 10.9 Å². The van der Waals surface area contributed by atoms with Crippen molar-refractivity contribution in [3.05, 3.63) is 29.5 Å². The van der Waals surface area contributed by atoms with Gasteiger partial charge in [0, 0.05) is 42.4 Å². The van der Waals surface area contributed by atoms with Crippen molar-refractivity contribution in [3.63, 3.8) is 0 Å². The number of rotatable bonds is 2. The van der Waals surface area contributed by atoms with Gasteiger partial charge in [0.2, 0.25) is 10.0 Å². The number of benzene rings is 1. The Morgan fingerprint density at radius 1 is 1.25 bits per heavy atom. The first kappa shape index (κ1) is 13.5. The van der Waals surface area contributed by atoms with Gasteiger partial charge in [-0.15, -0.1) is 0 Å². The first-order chi connectivity index (χ1) is 9.35. The third-order valence-electron chi connectivity index (χ3n) is 3.90. The van der Waals surface area contributed by atoms with E-state index in [-0.39, 0.29) is 0 Å². The number of aromatic nitrogens is 1. The van der Waals surface area contributed by atoms with Crippen LogP contribution in [-0.2, 0) is 30.0 Å². The largest absolute Gasteiger partial charge is 0.346 e. The number of aryl methyl sites for hydroxylation is 1. The highest BCUT2D eigenvalue weighted by molar-refractivity contribution is 7.92. The second kappa shape index (κ2) is 4.49. The van der Waals surface area contributed by atoms with Crippen molar-refractivity contribution in [2.24, 2.45) is 7.05 Å². The van der Waals surface area contributed by atoms with Gasteiger partial charge in [-0.2, -0.15) is 0 Å². The Morgan fingerprint density at radius 3 is 2.70 bits per heavy atom. The molecule has 5 nitrogen and oxygen atoms in total. The van der Waals surface area contributed by atoms with Crippen LogP contribution in [-0.4, -0.2) is 37.7 Å². The zero-order valence-corrected chi connectivity index (χ0v) is 12.8. The molecule has 1 N–H and O–H groups in total. The maximum atomic E-state index is 11.4. The molecule has 0 amide bonds. The van der Waals surface area contributed by atoms with Crippen molar-refractivity contribution in [3.8, 4) is 0 Å². The van der Waals surface area contributed by atoms with Crippen molar-refractivity contribution in [1.29, 1.82) is 0 Å². The molecule has 0 spiro atoms. The van der Waals surface area contributed by atoms with Crippen LogP contribution in [0, 0.1) is 0 Å². The molecule has 0 unspecified atom stereocenters. The van der Waals surface area contributed by atoms with Crippen molar-refractivity contribution < 1.29 is 8.42 Å². The van der Waals surface area contributed by atoms with Gasteiger partial charge in [0.05, 0.1) is 6.26 Å². The molecule has 2 aromatic rings. The van der Waals surface area contributed by atoms with Crippen LogP contribution in [0.4, 0.5) is 5.69 Å². The highest BCUT2D eigenvalue weighted by Crippen LogP contribution is 2.31. The highest BCUT2D eigenvalue weighted by Gasteiger charge is 2.21. The molecule has 1 aliphatic rings. The summed E-state index contributed by atoms with van der Waals surface area (Å²) in [4.78, 5) is 2.30. The van der Waals surface area contributed by atoms with E-state index in [2.05, 4.69) is 28.3 Å². The lowest BCUT2D eigenvalue weighted by molar-refractivity contribution is 0.305. The van der Waals surface area contributed by atoms with E-state index in [1.807, 2.05) is 18.2 Å². The summed E-state index contributed by atoms with van der Waals surface area (Å²) in [7, 11) is 0.962. The fraction of sp³-hybridized carbons (Fsp3) is 0.429. The Morgan fingerprint density at radius 2 is 2.00 bits per heavy atom. The zero-order chi connectivity index (χ0) is 14.5. The molecule has 1 aliphatic heterocycles. The van der Waals surface area contributed by atoms with Crippen molar-refractivity contribution in [1.82, 2.24) is 9.47 Å². The third-order valence-corrected chi connectivity index (χ3v) is 4.51. The number of likely N-dealkylation sites (N-methyl/N-ethyl adjacent to an activating group) is 1. The molecule has 1 aromatic heterocycles. The van der Waals surface area contributed by atoms with Gasteiger partial charge in [-0.3, -0.25) is 4.72 Å². The normalized spacial score (nSPS) is 16.4. The first-order valence-electron chi connectivity index (χ1n) is 6.61. The van der Waals surface area contributed by atoms with Crippen molar-refractivity contribution >= 4 is 26.6 Å². The number of sulfonamides is 1. The molecule has 0 atom stereocenters. The molecule has 0 radical (unpaired) electrons. The lowest BCUT2D eigenvalue weighted by atomic mass is 10.0. The second-order valence-electron chi connectivity index (χ2n) is 5.58. The summed E-state index contributed by atoms with van der Waals surface area (Å²) in [5.74, 6) is 0. The maximum Gasteiger partial charge on any atom is 0.229 e. The van der Waals surface area contributed by atoms with Gasteiger partial charge < -0.3 is 9.47 Å². The van der Waals surface area contributed by atoms with Crippen LogP contribution in [0.2, 0.25) is 0 Å². The van der Waals surface area contributed by atoms with Gasteiger partial charge in [-0.25, -0.2) is 8.42 Å². The van der Waals surface area contributed by atoms with Crippen LogP contribution in [0.5, 0.6) is 0 Å². The highest BCUT2D eigenvalue weighted by atomic mass is 32.2. The summed E-state index contributed by atoms with van der Waals surface area (Å²) in [6, 6.07) is 5.75. The van der Waals surface area contributed by atoms with Crippen LogP contribution >= 0.6 is 0 Å². The fourth-order valence-electron chi connectivity index (χ4n) is 2.97. The Kier molecular flexibility index (Phi) is 3.02. The quantitative estimate of drug-likeness (QED) is 0.914. The van der Waals surface area contributed by atoms with Gasteiger partial charge in [0.1, 0.15) is 0 Å². The molecule has 0 saturated heterocycles. The molecule has 108 valence electrons.